The van der Waals surface area contributed by atoms with Crippen LogP contribution in [0.3, 0.4) is 0 Å². The zero-order valence-corrected chi connectivity index (χ0v) is 20.6. The number of benzene rings is 2. The third-order valence-electron chi connectivity index (χ3n) is 6.60. The van der Waals surface area contributed by atoms with Gasteiger partial charge >= 0.3 is 6.03 Å². The predicted molar refractivity (Wildman–Crippen MR) is 138 cm³/mol. The summed E-state index contributed by atoms with van der Waals surface area (Å²) in [6.45, 7) is 5.77. The van der Waals surface area contributed by atoms with Crippen molar-refractivity contribution in [3.63, 3.8) is 0 Å². The number of para-hydroxylation sites is 1. The smallest absolute Gasteiger partial charge is 0.320 e. The molecule has 0 unspecified atom stereocenters. The number of hydrogen-bond donors (Lipinski definition) is 2. The van der Waals surface area contributed by atoms with Gasteiger partial charge in [-0.25, -0.2) is 18.3 Å². The topological polar surface area (TPSA) is 83.8 Å². The summed E-state index contributed by atoms with van der Waals surface area (Å²) in [4.78, 5) is 19.6. The Kier molecular flexibility index (Phi) is 6.89. The zero-order chi connectivity index (χ0) is 25.9. The first-order valence-corrected chi connectivity index (χ1v) is 12.2. The number of allylic oxidation sites excluding steroid dienone is 1. The van der Waals surface area contributed by atoms with Crippen molar-refractivity contribution < 1.29 is 18.3 Å². The molecule has 0 radical (unpaired) electrons. The van der Waals surface area contributed by atoms with E-state index in [4.69, 9.17) is 4.74 Å². The second kappa shape index (κ2) is 10.4. The molecule has 0 aliphatic carbocycles. The summed E-state index contributed by atoms with van der Waals surface area (Å²) in [5.74, 6) is -1.15. The molecule has 2 N–H and O–H groups in total. The number of anilines is 1. The molecule has 8 nitrogen and oxygen atoms in total. The molecule has 2 aromatic carbocycles. The number of aliphatic imine (C=N–C) groups is 1. The summed E-state index contributed by atoms with van der Waals surface area (Å²) in [6, 6.07) is 12.5. The van der Waals surface area contributed by atoms with E-state index in [2.05, 4.69) is 25.6 Å². The zero-order valence-electron chi connectivity index (χ0n) is 20.6. The molecule has 0 saturated carbocycles. The summed E-state index contributed by atoms with van der Waals surface area (Å²) in [7, 11) is 0. The van der Waals surface area contributed by atoms with E-state index < -0.39 is 17.7 Å². The Balaban J connectivity index is 1.40. The van der Waals surface area contributed by atoms with Crippen LogP contribution in [0, 0.1) is 18.6 Å². The van der Waals surface area contributed by atoms with Gasteiger partial charge in [0.15, 0.2) is 11.6 Å². The molecular weight excluding hydrogens is 478 g/mol. The summed E-state index contributed by atoms with van der Waals surface area (Å²) < 4.78 is 35.0. The summed E-state index contributed by atoms with van der Waals surface area (Å²) in [5.41, 5.74) is 3.03. The van der Waals surface area contributed by atoms with Crippen LogP contribution in [0.4, 0.5) is 19.4 Å². The molecule has 2 aliphatic heterocycles. The lowest BCUT2D eigenvalue weighted by molar-refractivity contribution is 0.247. The third-order valence-corrected chi connectivity index (χ3v) is 6.60. The van der Waals surface area contributed by atoms with Gasteiger partial charge in [0, 0.05) is 25.2 Å². The van der Waals surface area contributed by atoms with Crippen LogP contribution < -0.4 is 15.4 Å². The van der Waals surface area contributed by atoms with Crippen LogP contribution in [0.25, 0.3) is 5.69 Å². The van der Waals surface area contributed by atoms with Gasteiger partial charge in [-0.3, -0.25) is 10.3 Å². The number of nitrogens with zero attached hydrogens (tertiary/aromatic N) is 4. The Hall–Kier alpha value is -4.21. The minimum Gasteiger partial charge on any atom is -0.477 e. The molecule has 10 heteroatoms. The molecule has 3 aromatic rings. The third kappa shape index (κ3) is 5.04. The fraction of sp³-hybridized carbons (Fsp3) is 0.296. The van der Waals surface area contributed by atoms with Gasteiger partial charge in [-0.05, 0) is 49.8 Å². The van der Waals surface area contributed by atoms with Crippen molar-refractivity contribution in [1.29, 1.82) is 0 Å². The molecule has 5 rings (SSSR count). The number of aromatic nitrogens is 2. The van der Waals surface area contributed by atoms with E-state index >= 15 is 0 Å². The van der Waals surface area contributed by atoms with Crippen molar-refractivity contribution >= 4 is 18.1 Å². The Bertz CT molecular complexity index is 1350. The Morgan fingerprint density at radius 2 is 1.95 bits per heavy atom. The molecule has 37 heavy (non-hydrogen) atoms. The SMILES string of the molecule is CCOc1nn(-c2ccccc2)c(NC(=O)N[C@@H]2CN(C3=CCN=C3)C[C@H]2c2ccc(F)c(F)c2)c1C. The highest BCUT2D eigenvalue weighted by molar-refractivity contribution is 5.90. The minimum absolute atomic E-state index is 0.255. The van der Waals surface area contributed by atoms with Crippen molar-refractivity contribution in [2.24, 2.45) is 4.99 Å². The van der Waals surface area contributed by atoms with Crippen molar-refractivity contribution in [2.75, 3.05) is 31.6 Å². The molecule has 1 fully saturated rings. The van der Waals surface area contributed by atoms with Gasteiger partial charge in [-0.15, -0.1) is 5.10 Å². The maximum Gasteiger partial charge on any atom is 0.320 e. The van der Waals surface area contributed by atoms with Crippen LogP contribution in [-0.2, 0) is 0 Å². The summed E-state index contributed by atoms with van der Waals surface area (Å²) in [6.07, 6.45) is 3.80. The first kappa shape index (κ1) is 24.5. The van der Waals surface area contributed by atoms with Crippen molar-refractivity contribution in [3.05, 3.63) is 83.1 Å². The lowest BCUT2D eigenvalue weighted by atomic mass is 9.94. The number of rotatable bonds is 7. The van der Waals surface area contributed by atoms with Crippen LogP contribution in [-0.4, -0.2) is 59.2 Å². The number of carbonyl (C=O) groups excluding carboxylic acids is 1. The first-order valence-electron chi connectivity index (χ1n) is 12.2. The number of likely N-dealkylation sites (tertiary alicyclic amines) is 1. The molecule has 1 saturated heterocycles. The molecule has 1 aromatic heterocycles. The fourth-order valence-corrected chi connectivity index (χ4v) is 4.76. The van der Waals surface area contributed by atoms with Crippen molar-refractivity contribution in [3.8, 4) is 11.6 Å². The summed E-state index contributed by atoms with van der Waals surface area (Å²) in [5, 5.41) is 10.5. The van der Waals surface area contributed by atoms with Crippen LogP contribution >= 0.6 is 0 Å². The van der Waals surface area contributed by atoms with Gasteiger partial charge in [0.05, 0.1) is 36.1 Å². The molecule has 3 heterocycles. The number of hydrogen-bond acceptors (Lipinski definition) is 5. The lowest BCUT2D eigenvalue weighted by Crippen LogP contribution is -2.42. The van der Waals surface area contributed by atoms with Crippen molar-refractivity contribution in [2.45, 2.75) is 25.8 Å². The molecule has 0 spiro atoms. The Morgan fingerprint density at radius 1 is 1.14 bits per heavy atom. The average molecular weight is 507 g/mol. The van der Waals surface area contributed by atoms with E-state index in [1.54, 1.807) is 17.0 Å². The average Bonchev–Trinajstić information content (AvgIpc) is 3.63. The standard InChI is InChI=1S/C27H28F2N6O2/c1-3-37-26-17(2)25(35(33-26)19-7-5-4-6-8-19)32-27(36)31-24-16-34(20-11-12-30-14-20)15-21(24)18-9-10-22(28)23(29)13-18/h4-11,13-14,21,24H,3,12,15-16H2,1-2H3,(H2,31,32,36)/t21-,24+/m0/s1. The van der Waals surface area contributed by atoms with E-state index in [0.29, 0.717) is 49.1 Å². The highest BCUT2D eigenvalue weighted by atomic mass is 19.2. The maximum absolute atomic E-state index is 14.1. The molecule has 2 atom stereocenters. The number of carbonyl (C=O) groups is 1. The quantitative estimate of drug-likeness (QED) is 0.497. The number of nitrogens with one attached hydrogen (secondary N) is 2. The van der Waals surface area contributed by atoms with Gasteiger partial charge in [0.1, 0.15) is 5.82 Å². The van der Waals surface area contributed by atoms with Crippen LogP contribution in [0.15, 0.2) is 65.3 Å². The van der Waals surface area contributed by atoms with E-state index in [9.17, 15) is 13.6 Å². The number of urea groups is 1. The number of ether oxygens (including phenoxy) is 1. The monoisotopic (exact) mass is 506 g/mol. The summed E-state index contributed by atoms with van der Waals surface area (Å²) >= 11 is 0. The molecular formula is C27H28F2N6O2. The Labute approximate surface area is 213 Å². The van der Waals surface area contributed by atoms with E-state index in [1.807, 2.05) is 50.3 Å². The van der Waals surface area contributed by atoms with Crippen LogP contribution in [0.5, 0.6) is 5.88 Å². The molecule has 0 bridgehead atoms. The second-order valence-corrected chi connectivity index (χ2v) is 8.97. The van der Waals surface area contributed by atoms with Gasteiger partial charge in [-0.1, -0.05) is 24.3 Å². The highest BCUT2D eigenvalue weighted by Crippen LogP contribution is 2.32. The van der Waals surface area contributed by atoms with E-state index in [-0.39, 0.29) is 12.0 Å². The second-order valence-electron chi connectivity index (χ2n) is 8.97. The molecule has 192 valence electrons. The predicted octanol–water partition coefficient (Wildman–Crippen LogP) is 4.42. The number of amides is 2. The maximum atomic E-state index is 14.1. The van der Waals surface area contributed by atoms with Crippen LogP contribution in [0.1, 0.15) is 24.0 Å². The van der Waals surface area contributed by atoms with Gasteiger partial charge in [-0.2, -0.15) is 0 Å². The normalized spacial score (nSPS) is 18.7. The first-order chi connectivity index (χ1) is 17.9. The van der Waals surface area contributed by atoms with Crippen LogP contribution in [0.2, 0.25) is 0 Å². The number of halogens is 2. The van der Waals surface area contributed by atoms with Gasteiger partial charge in [0.2, 0.25) is 5.88 Å². The fourth-order valence-electron chi connectivity index (χ4n) is 4.76. The Morgan fingerprint density at radius 3 is 2.65 bits per heavy atom. The lowest BCUT2D eigenvalue weighted by Gasteiger charge is -2.21. The van der Waals surface area contributed by atoms with Crippen molar-refractivity contribution in [1.82, 2.24) is 20.0 Å². The largest absolute Gasteiger partial charge is 0.477 e. The minimum atomic E-state index is -0.911. The highest BCUT2D eigenvalue weighted by Gasteiger charge is 2.36. The molecule has 2 aliphatic rings. The van der Waals surface area contributed by atoms with Gasteiger partial charge < -0.3 is 15.0 Å². The van der Waals surface area contributed by atoms with E-state index in [1.165, 1.54) is 6.07 Å². The van der Waals surface area contributed by atoms with E-state index in [0.717, 1.165) is 17.5 Å². The van der Waals surface area contributed by atoms with Gasteiger partial charge in [0.25, 0.3) is 0 Å². The molecule has 2 amide bonds.